The average molecular weight is 219 g/mol. The van der Waals surface area contributed by atoms with Crippen molar-refractivity contribution < 1.29 is 9.90 Å². The first kappa shape index (κ1) is 10.6. The first-order valence-electron chi connectivity index (χ1n) is 5.02. The van der Waals surface area contributed by atoms with Gasteiger partial charge in [-0.25, -0.2) is 4.98 Å². The third-order valence-corrected chi connectivity index (χ3v) is 2.75. The Morgan fingerprint density at radius 2 is 2.25 bits per heavy atom. The number of aryl methyl sites for hydroxylation is 2. The zero-order valence-corrected chi connectivity index (χ0v) is 9.43. The third kappa shape index (κ3) is 1.54. The number of hydrogen-bond acceptors (Lipinski definition) is 3. The lowest BCUT2D eigenvalue weighted by atomic mass is 10.0. The summed E-state index contributed by atoms with van der Waals surface area (Å²) in [4.78, 5) is 15.1. The van der Waals surface area contributed by atoms with Gasteiger partial charge >= 0.3 is 5.97 Å². The van der Waals surface area contributed by atoms with Crippen LogP contribution >= 0.6 is 0 Å². The number of pyridine rings is 1. The molecule has 0 aliphatic heterocycles. The summed E-state index contributed by atoms with van der Waals surface area (Å²) in [5.74, 6) is -1.39. The molecular weight excluding hydrogens is 206 g/mol. The Bertz CT molecular complexity index is 560. The fourth-order valence-corrected chi connectivity index (χ4v) is 1.70. The topological polar surface area (TPSA) is 68.0 Å². The van der Waals surface area contributed by atoms with E-state index < -0.39 is 11.9 Å². The molecule has 0 bridgehead atoms. The molecule has 0 aliphatic carbocycles. The molecule has 0 amide bonds. The molecule has 0 fully saturated rings. The van der Waals surface area contributed by atoms with Crippen LogP contribution in [0, 0.1) is 6.92 Å². The minimum atomic E-state index is -0.845. The van der Waals surface area contributed by atoms with Gasteiger partial charge in [0.1, 0.15) is 0 Å². The molecule has 16 heavy (non-hydrogen) atoms. The summed E-state index contributed by atoms with van der Waals surface area (Å²) in [5.41, 5.74) is 2.35. The zero-order chi connectivity index (χ0) is 11.9. The Balaban J connectivity index is 2.60. The van der Waals surface area contributed by atoms with Crippen LogP contribution in [0.2, 0.25) is 0 Å². The molecule has 0 saturated heterocycles. The number of nitrogens with zero attached hydrogens (tertiary/aromatic N) is 3. The van der Waals surface area contributed by atoms with Gasteiger partial charge in [-0.05, 0) is 25.5 Å². The predicted octanol–water partition coefficient (Wildman–Crippen LogP) is 1.46. The Morgan fingerprint density at radius 1 is 1.56 bits per heavy atom. The Labute approximate surface area is 92.7 Å². The first-order chi connectivity index (χ1) is 7.50. The van der Waals surface area contributed by atoms with Crippen molar-refractivity contribution in [3.05, 3.63) is 23.5 Å². The molecule has 0 spiro atoms. The normalized spacial score (nSPS) is 12.9. The molecule has 2 heterocycles. The molecular formula is C11H13N3O2. The summed E-state index contributed by atoms with van der Waals surface area (Å²) >= 11 is 0. The van der Waals surface area contributed by atoms with Crippen molar-refractivity contribution in [3.8, 4) is 0 Å². The minimum absolute atomic E-state index is 0.545. The number of fused-ring (bicyclic) bond motifs is 1. The van der Waals surface area contributed by atoms with E-state index in [0.29, 0.717) is 5.56 Å². The second kappa shape index (κ2) is 3.59. The van der Waals surface area contributed by atoms with Crippen LogP contribution in [0.4, 0.5) is 0 Å². The standard InChI is InChI=1S/C11H13N3O2/c1-6(11(15)16)8-4-9-7(2)13-14(3)10(9)12-5-8/h4-6H,1-3H3,(H,15,16). The summed E-state index contributed by atoms with van der Waals surface area (Å²) in [6.45, 7) is 3.54. The van der Waals surface area contributed by atoms with Crippen LogP contribution in [0.1, 0.15) is 24.1 Å². The van der Waals surface area contributed by atoms with Gasteiger partial charge in [0.15, 0.2) is 5.65 Å². The van der Waals surface area contributed by atoms with Crippen LogP contribution in [0.15, 0.2) is 12.3 Å². The highest BCUT2D eigenvalue weighted by atomic mass is 16.4. The van der Waals surface area contributed by atoms with Gasteiger partial charge in [-0.2, -0.15) is 5.10 Å². The van der Waals surface area contributed by atoms with Crippen LogP contribution in [0.3, 0.4) is 0 Å². The van der Waals surface area contributed by atoms with Crippen LogP contribution in [0.5, 0.6) is 0 Å². The molecule has 2 aromatic rings. The smallest absolute Gasteiger partial charge is 0.310 e. The van der Waals surface area contributed by atoms with E-state index >= 15 is 0 Å². The number of carboxylic acid groups (broad SMARTS) is 1. The van der Waals surface area contributed by atoms with E-state index in [1.54, 1.807) is 17.8 Å². The van der Waals surface area contributed by atoms with Crippen LogP contribution in [-0.2, 0) is 11.8 Å². The molecule has 2 rings (SSSR count). The van der Waals surface area contributed by atoms with Crippen molar-refractivity contribution in [1.82, 2.24) is 14.8 Å². The number of aromatic nitrogens is 3. The highest BCUT2D eigenvalue weighted by Gasteiger charge is 2.16. The number of aliphatic carboxylic acids is 1. The van der Waals surface area contributed by atoms with Crippen molar-refractivity contribution >= 4 is 17.0 Å². The van der Waals surface area contributed by atoms with Gasteiger partial charge in [-0.15, -0.1) is 0 Å². The lowest BCUT2D eigenvalue weighted by Gasteiger charge is -2.05. The molecule has 0 radical (unpaired) electrons. The number of hydrogen-bond donors (Lipinski definition) is 1. The van der Waals surface area contributed by atoms with Crippen LogP contribution < -0.4 is 0 Å². The lowest BCUT2D eigenvalue weighted by Crippen LogP contribution is -2.07. The van der Waals surface area contributed by atoms with Crippen molar-refractivity contribution in [2.75, 3.05) is 0 Å². The SMILES string of the molecule is Cc1nn(C)c2ncc(C(C)C(=O)O)cc12. The van der Waals surface area contributed by atoms with Crippen molar-refractivity contribution in [2.24, 2.45) is 7.05 Å². The van der Waals surface area contributed by atoms with Gasteiger partial charge in [0.05, 0.1) is 11.6 Å². The molecule has 84 valence electrons. The highest BCUT2D eigenvalue weighted by molar-refractivity contribution is 5.81. The van der Waals surface area contributed by atoms with Crippen LogP contribution in [0.25, 0.3) is 11.0 Å². The Hall–Kier alpha value is -1.91. The predicted molar refractivity (Wildman–Crippen MR) is 59.3 cm³/mol. The Morgan fingerprint density at radius 3 is 2.88 bits per heavy atom. The summed E-state index contributed by atoms with van der Waals surface area (Å²) < 4.78 is 1.69. The van der Waals surface area contributed by atoms with Gasteiger partial charge in [-0.3, -0.25) is 9.48 Å². The molecule has 1 N–H and O–H groups in total. The molecule has 5 nitrogen and oxygen atoms in total. The maximum atomic E-state index is 10.9. The van der Waals surface area contributed by atoms with E-state index in [4.69, 9.17) is 5.11 Å². The van der Waals surface area contributed by atoms with E-state index in [2.05, 4.69) is 10.1 Å². The van der Waals surface area contributed by atoms with Crippen molar-refractivity contribution in [3.63, 3.8) is 0 Å². The molecule has 1 atom stereocenters. The molecule has 0 aliphatic rings. The minimum Gasteiger partial charge on any atom is -0.481 e. The second-order valence-corrected chi connectivity index (χ2v) is 3.91. The van der Waals surface area contributed by atoms with Gasteiger partial charge in [0.2, 0.25) is 0 Å². The number of rotatable bonds is 2. The first-order valence-corrected chi connectivity index (χ1v) is 5.02. The highest BCUT2D eigenvalue weighted by Crippen LogP contribution is 2.21. The van der Waals surface area contributed by atoms with Crippen molar-refractivity contribution in [2.45, 2.75) is 19.8 Å². The van der Waals surface area contributed by atoms with E-state index in [1.165, 1.54) is 0 Å². The third-order valence-electron chi connectivity index (χ3n) is 2.75. The maximum absolute atomic E-state index is 10.9. The monoisotopic (exact) mass is 219 g/mol. The fraction of sp³-hybridized carbons (Fsp3) is 0.364. The van der Waals surface area contributed by atoms with Gasteiger partial charge in [-0.1, -0.05) is 0 Å². The van der Waals surface area contributed by atoms with Gasteiger partial charge in [0.25, 0.3) is 0 Å². The summed E-state index contributed by atoms with van der Waals surface area (Å²) in [6.07, 6.45) is 1.60. The Kier molecular flexibility index (Phi) is 2.38. The summed E-state index contributed by atoms with van der Waals surface area (Å²) in [5, 5.41) is 14.1. The molecule has 0 saturated carbocycles. The number of carbonyl (C=O) groups is 1. The van der Waals surface area contributed by atoms with E-state index in [9.17, 15) is 4.79 Å². The lowest BCUT2D eigenvalue weighted by molar-refractivity contribution is -0.138. The fourth-order valence-electron chi connectivity index (χ4n) is 1.70. The van der Waals surface area contributed by atoms with E-state index in [1.807, 2.05) is 20.0 Å². The van der Waals surface area contributed by atoms with Gasteiger partial charge < -0.3 is 5.11 Å². The quantitative estimate of drug-likeness (QED) is 0.830. The van der Waals surface area contributed by atoms with E-state index in [0.717, 1.165) is 16.7 Å². The number of carboxylic acids is 1. The molecule has 2 aromatic heterocycles. The van der Waals surface area contributed by atoms with Gasteiger partial charge in [0, 0.05) is 18.6 Å². The second-order valence-electron chi connectivity index (χ2n) is 3.91. The summed E-state index contributed by atoms with van der Waals surface area (Å²) in [7, 11) is 1.82. The maximum Gasteiger partial charge on any atom is 0.310 e. The average Bonchev–Trinajstić information content (AvgIpc) is 2.53. The summed E-state index contributed by atoms with van der Waals surface area (Å²) in [6, 6.07) is 1.85. The molecule has 0 aromatic carbocycles. The van der Waals surface area contributed by atoms with Crippen LogP contribution in [-0.4, -0.2) is 25.8 Å². The molecule has 5 heteroatoms. The molecule has 1 unspecified atom stereocenters. The zero-order valence-electron chi connectivity index (χ0n) is 9.43. The largest absolute Gasteiger partial charge is 0.481 e. The van der Waals surface area contributed by atoms with E-state index in [-0.39, 0.29) is 0 Å². The van der Waals surface area contributed by atoms with Crippen molar-refractivity contribution in [1.29, 1.82) is 0 Å².